The lowest BCUT2D eigenvalue weighted by atomic mass is 10.1. The number of hydrogen-bond acceptors (Lipinski definition) is 8. The smallest absolute Gasteiger partial charge is 0.280 e. The summed E-state index contributed by atoms with van der Waals surface area (Å²) >= 11 is 0. The van der Waals surface area contributed by atoms with Crippen molar-refractivity contribution in [3.8, 4) is 0 Å². The molecule has 1 aliphatic rings. The van der Waals surface area contributed by atoms with Gasteiger partial charge in [0, 0.05) is 7.11 Å². The Morgan fingerprint density at radius 2 is 1.71 bits per heavy atom. The van der Waals surface area contributed by atoms with Crippen LogP contribution in [0.4, 0.5) is 5.95 Å². The molecule has 5 rings (SSSR count). The van der Waals surface area contributed by atoms with Gasteiger partial charge in [0.15, 0.2) is 17.4 Å². The number of nitrogens with zero attached hydrogens (tertiary/aromatic N) is 3. The van der Waals surface area contributed by atoms with Crippen molar-refractivity contribution in [1.29, 1.82) is 0 Å². The average Bonchev–Trinajstić information content (AvgIpc) is 3.45. The number of nitrogen functional groups attached to an aromatic ring is 1. The lowest BCUT2D eigenvalue weighted by Crippen LogP contribution is -2.67. The highest BCUT2D eigenvalue weighted by Gasteiger charge is 2.52. The van der Waals surface area contributed by atoms with Gasteiger partial charge in [0.2, 0.25) is 5.95 Å². The Balaban J connectivity index is 1.51. The van der Waals surface area contributed by atoms with Crippen molar-refractivity contribution in [2.75, 3.05) is 19.5 Å². The Bertz CT molecular complexity index is 1410. The zero-order valence-corrected chi connectivity index (χ0v) is 22.9. The summed E-state index contributed by atoms with van der Waals surface area (Å²) in [5.74, 6) is -0.0386. The predicted molar refractivity (Wildman–Crippen MR) is 147 cm³/mol. The van der Waals surface area contributed by atoms with Gasteiger partial charge in [0.05, 0.1) is 12.9 Å². The summed E-state index contributed by atoms with van der Waals surface area (Å²) in [7, 11) is -1.35. The number of ether oxygens (including phenoxy) is 2. The zero-order valence-electron chi connectivity index (χ0n) is 21.9. The van der Waals surface area contributed by atoms with Crippen molar-refractivity contribution in [2.45, 2.75) is 50.3 Å². The molecule has 11 heteroatoms. The number of aromatic nitrogens is 4. The fraction of sp³-hybridized carbons (Fsp3) is 0.370. The van der Waals surface area contributed by atoms with Crippen LogP contribution in [-0.2, 0) is 13.9 Å². The lowest BCUT2D eigenvalue weighted by Gasteiger charge is -2.43. The lowest BCUT2D eigenvalue weighted by molar-refractivity contribution is -0.0567. The third kappa shape index (κ3) is 4.36. The number of aliphatic hydroxyl groups is 1. The van der Waals surface area contributed by atoms with Crippen molar-refractivity contribution < 1.29 is 19.0 Å². The Labute approximate surface area is 221 Å². The maximum Gasteiger partial charge on any atom is 0.280 e. The third-order valence-electron chi connectivity index (χ3n) is 7.19. The molecule has 0 amide bonds. The van der Waals surface area contributed by atoms with E-state index < -0.39 is 38.4 Å². The molecule has 1 saturated heterocycles. The number of H-pyrrole nitrogens is 1. The summed E-state index contributed by atoms with van der Waals surface area (Å²) in [4.78, 5) is 23.2. The highest BCUT2D eigenvalue weighted by molar-refractivity contribution is 6.99. The molecule has 0 bridgehead atoms. The summed E-state index contributed by atoms with van der Waals surface area (Å²) in [6.45, 7) is 6.71. The van der Waals surface area contributed by atoms with Crippen LogP contribution in [0, 0.1) is 0 Å². The van der Waals surface area contributed by atoms with Gasteiger partial charge in [-0.15, -0.1) is 0 Å². The molecule has 0 radical (unpaired) electrons. The van der Waals surface area contributed by atoms with Crippen LogP contribution < -0.4 is 21.7 Å². The number of aliphatic hydroxyl groups excluding tert-OH is 1. The van der Waals surface area contributed by atoms with Crippen LogP contribution in [0.5, 0.6) is 0 Å². The molecule has 0 spiro atoms. The summed E-state index contributed by atoms with van der Waals surface area (Å²) < 4.78 is 20.6. The van der Waals surface area contributed by atoms with E-state index in [0.717, 1.165) is 10.4 Å². The number of hydrogen-bond donors (Lipinski definition) is 3. The van der Waals surface area contributed by atoms with Crippen LogP contribution in [-0.4, -0.2) is 65.0 Å². The van der Waals surface area contributed by atoms with E-state index in [2.05, 4.69) is 60.0 Å². The van der Waals surface area contributed by atoms with Gasteiger partial charge in [-0.1, -0.05) is 81.4 Å². The minimum atomic E-state index is -2.85. The molecule has 4 aromatic rings. The molecule has 2 aromatic heterocycles. The first kappa shape index (κ1) is 26.3. The average molecular weight is 536 g/mol. The summed E-state index contributed by atoms with van der Waals surface area (Å²) in [5.41, 5.74) is 5.70. The number of anilines is 1. The molecule has 0 aliphatic carbocycles. The van der Waals surface area contributed by atoms with Gasteiger partial charge >= 0.3 is 0 Å². The topological polar surface area (TPSA) is 138 Å². The number of rotatable bonds is 7. The molecular formula is C27H33N5O5Si. The highest BCUT2D eigenvalue weighted by Crippen LogP contribution is 2.39. The Morgan fingerprint density at radius 1 is 1.11 bits per heavy atom. The normalized spacial score (nSPS) is 22.2. The SMILES string of the molecule is CO[C@@H]1[C@H](O)[C@@H](CO[Si](c2ccccc2)(c2ccccc2)C(C)(C)C)O[C@H]1n1cnc2c(=O)[nH]c(N)nc21. The number of methoxy groups -OCH3 is 1. The van der Waals surface area contributed by atoms with Crippen LogP contribution in [0.1, 0.15) is 27.0 Å². The Kier molecular flexibility index (Phi) is 6.97. The molecule has 10 nitrogen and oxygen atoms in total. The summed E-state index contributed by atoms with van der Waals surface area (Å²) in [6.07, 6.45) is -1.80. The number of fused-ring (bicyclic) bond motifs is 1. The molecular weight excluding hydrogens is 502 g/mol. The maximum absolute atomic E-state index is 12.3. The van der Waals surface area contributed by atoms with E-state index in [9.17, 15) is 9.90 Å². The van der Waals surface area contributed by atoms with Crippen LogP contribution in [0.3, 0.4) is 0 Å². The molecule has 0 saturated carbocycles. The number of aromatic amines is 1. The van der Waals surface area contributed by atoms with Gasteiger partial charge in [-0.2, -0.15) is 4.98 Å². The van der Waals surface area contributed by atoms with E-state index in [1.165, 1.54) is 13.4 Å². The van der Waals surface area contributed by atoms with Gasteiger partial charge in [-0.05, 0) is 15.4 Å². The molecule has 4 N–H and O–H groups in total. The summed E-state index contributed by atoms with van der Waals surface area (Å²) in [5, 5.41) is 13.3. The van der Waals surface area contributed by atoms with Crippen molar-refractivity contribution in [2.24, 2.45) is 0 Å². The number of imidazole rings is 1. The molecule has 0 unspecified atom stereocenters. The second kappa shape index (κ2) is 10.1. The van der Waals surface area contributed by atoms with Crippen LogP contribution in [0.2, 0.25) is 5.04 Å². The standard InChI is InChI=1S/C27H33N5O5Si/c1-27(2,3)38(17-11-7-5-8-12-17,18-13-9-6-10-14-18)36-15-19-21(33)22(35-4)25(37-19)32-16-29-20-23(32)30-26(28)31-24(20)34/h5-14,16,19,21-22,25,33H,15H2,1-4H3,(H3,28,30,31,34)/t19-,21-,22-,25-/m1/s1. The van der Waals surface area contributed by atoms with E-state index in [0.29, 0.717) is 0 Å². The molecule has 3 heterocycles. The van der Waals surface area contributed by atoms with Crippen LogP contribution >= 0.6 is 0 Å². The van der Waals surface area contributed by atoms with Crippen molar-refractivity contribution in [1.82, 2.24) is 19.5 Å². The minimum Gasteiger partial charge on any atom is -0.405 e. The summed E-state index contributed by atoms with van der Waals surface area (Å²) in [6, 6.07) is 20.5. The molecule has 200 valence electrons. The van der Waals surface area contributed by atoms with Gasteiger partial charge < -0.3 is 24.7 Å². The quantitative estimate of drug-likeness (QED) is 0.303. The van der Waals surface area contributed by atoms with Gasteiger partial charge in [0.25, 0.3) is 13.9 Å². The fourth-order valence-electron chi connectivity index (χ4n) is 5.43. The second-order valence-electron chi connectivity index (χ2n) is 10.5. The van der Waals surface area contributed by atoms with Gasteiger partial charge in [0.1, 0.15) is 18.3 Å². The van der Waals surface area contributed by atoms with Crippen LogP contribution in [0.15, 0.2) is 71.8 Å². The molecule has 2 aromatic carbocycles. The molecule has 38 heavy (non-hydrogen) atoms. The van der Waals surface area contributed by atoms with Gasteiger partial charge in [-0.25, -0.2) is 4.98 Å². The third-order valence-corrected chi connectivity index (χ3v) is 12.2. The predicted octanol–water partition coefficient (Wildman–Crippen LogP) is 1.55. The maximum atomic E-state index is 12.3. The molecule has 4 atom stereocenters. The molecule has 1 aliphatic heterocycles. The Morgan fingerprint density at radius 3 is 2.26 bits per heavy atom. The second-order valence-corrected chi connectivity index (χ2v) is 14.8. The van der Waals surface area contributed by atoms with Crippen LogP contribution in [0.25, 0.3) is 11.2 Å². The Hall–Kier alpha value is -3.35. The van der Waals surface area contributed by atoms with Crippen molar-refractivity contribution in [3.05, 3.63) is 77.3 Å². The van der Waals surface area contributed by atoms with Gasteiger partial charge in [-0.3, -0.25) is 14.3 Å². The van der Waals surface area contributed by atoms with E-state index >= 15 is 0 Å². The zero-order chi connectivity index (χ0) is 27.1. The van der Waals surface area contributed by atoms with Crippen molar-refractivity contribution >= 4 is 35.8 Å². The first-order valence-corrected chi connectivity index (χ1v) is 14.4. The first-order chi connectivity index (χ1) is 18.2. The van der Waals surface area contributed by atoms with E-state index in [-0.39, 0.29) is 28.8 Å². The van der Waals surface area contributed by atoms with Crippen molar-refractivity contribution in [3.63, 3.8) is 0 Å². The van der Waals surface area contributed by atoms with E-state index in [1.807, 2.05) is 36.4 Å². The highest BCUT2D eigenvalue weighted by atomic mass is 28.4. The molecule has 1 fully saturated rings. The number of nitrogens with one attached hydrogen (secondary N) is 1. The minimum absolute atomic E-state index is 0.0386. The monoisotopic (exact) mass is 535 g/mol. The first-order valence-electron chi connectivity index (χ1n) is 12.5. The number of benzene rings is 2. The van der Waals surface area contributed by atoms with E-state index in [4.69, 9.17) is 19.6 Å². The number of nitrogens with two attached hydrogens (primary N) is 1. The van der Waals surface area contributed by atoms with E-state index in [1.54, 1.807) is 4.57 Å². The fourth-order valence-corrected chi connectivity index (χ4v) is 10.0. The largest absolute Gasteiger partial charge is 0.405 e.